The van der Waals surface area contributed by atoms with Gasteiger partial charge in [0.05, 0.1) is 16.3 Å². The molecule has 7 rings (SSSR count). The van der Waals surface area contributed by atoms with Gasteiger partial charge in [-0.15, -0.1) is 57.1 Å². The molecule has 0 spiro atoms. The smallest absolute Gasteiger partial charge is 0.0987 e. The topological polar surface area (TPSA) is 12.4 Å². The van der Waals surface area contributed by atoms with E-state index in [2.05, 4.69) is 102 Å². The Kier molecular flexibility index (Phi) is 6.77. The first-order valence-corrected chi connectivity index (χ1v) is 17.4. The second-order valence-electron chi connectivity index (χ2n) is 9.09. The normalized spacial score (nSPS) is 23.4. The van der Waals surface area contributed by atoms with Gasteiger partial charge in [-0.05, 0) is 46.0 Å². The van der Waals surface area contributed by atoms with Crippen LogP contribution in [0.4, 0.5) is 0 Å². The van der Waals surface area contributed by atoms with E-state index in [9.17, 15) is 0 Å². The summed E-state index contributed by atoms with van der Waals surface area (Å²) in [6.07, 6.45) is 2.52. The van der Waals surface area contributed by atoms with Crippen molar-refractivity contribution in [1.29, 1.82) is 0 Å². The fourth-order valence-corrected chi connectivity index (χ4v) is 11.5. The number of thiophene rings is 4. The lowest BCUT2D eigenvalue weighted by Crippen LogP contribution is -2.25. The van der Waals surface area contributed by atoms with Gasteiger partial charge < -0.3 is 0 Å². The van der Waals surface area contributed by atoms with Crippen molar-refractivity contribution in [3.05, 3.63) is 111 Å². The highest BCUT2D eigenvalue weighted by atomic mass is 32.2. The Morgan fingerprint density at radius 1 is 0.703 bits per heavy atom. The highest BCUT2D eigenvalue weighted by Crippen LogP contribution is 2.56. The van der Waals surface area contributed by atoms with Crippen molar-refractivity contribution in [2.24, 2.45) is 10.9 Å². The number of benzene rings is 1. The van der Waals surface area contributed by atoms with Gasteiger partial charge in [-0.3, -0.25) is 4.99 Å². The second kappa shape index (κ2) is 10.4. The molecule has 0 N–H and O–H groups in total. The Hall–Kier alpha value is -1.87. The van der Waals surface area contributed by atoms with E-state index in [4.69, 9.17) is 4.99 Å². The minimum absolute atomic E-state index is 0.199. The van der Waals surface area contributed by atoms with Crippen LogP contribution in [0.3, 0.4) is 0 Å². The number of hydrogen-bond acceptors (Lipinski definition) is 7. The maximum atomic E-state index is 5.49. The summed E-state index contributed by atoms with van der Waals surface area (Å²) in [5, 5.41) is 8.50. The lowest BCUT2D eigenvalue weighted by molar-refractivity contribution is 0.504. The summed E-state index contributed by atoms with van der Waals surface area (Å²) in [5.74, 6) is 0.391. The number of aliphatic imine (C=N–C) groups is 1. The van der Waals surface area contributed by atoms with Crippen LogP contribution in [-0.2, 0) is 0 Å². The van der Waals surface area contributed by atoms with Crippen LogP contribution in [0.25, 0.3) is 24.4 Å². The Morgan fingerprint density at radius 2 is 1.41 bits per heavy atom. The standard InChI is InChI=1S/C30H23NS6/c1-18-20(16-25(35-18)22-10-5-13-32-22)27-29(37-30(31-27)19-8-3-2-4-9-19)21-17-26(23-11-6-14-33-23)36-28(21)24-12-7-15-34-24/h2-18,20,27,29H,1H3. The lowest BCUT2D eigenvalue weighted by atomic mass is 9.90. The molecule has 2 aliphatic heterocycles. The molecule has 2 aliphatic rings. The molecule has 1 aromatic carbocycles. The third-order valence-corrected chi connectivity index (χ3v) is 13.7. The van der Waals surface area contributed by atoms with Crippen molar-refractivity contribution in [2.45, 2.75) is 23.5 Å². The van der Waals surface area contributed by atoms with E-state index in [0.717, 1.165) is 0 Å². The molecule has 4 unspecified atom stereocenters. The highest BCUT2D eigenvalue weighted by molar-refractivity contribution is 8.15. The van der Waals surface area contributed by atoms with Crippen molar-refractivity contribution in [3.63, 3.8) is 0 Å². The van der Waals surface area contributed by atoms with E-state index in [-0.39, 0.29) is 11.3 Å². The first-order valence-electron chi connectivity index (χ1n) is 12.2. The van der Waals surface area contributed by atoms with Gasteiger partial charge in [0.15, 0.2) is 0 Å². The predicted molar refractivity (Wildman–Crippen MR) is 171 cm³/mol. The second-order valence-corrected chi connectivity index (χ2v) is 15.5. The van der Waals surface area contributed by atoms with E-state index >= 15 is 0 Å². The van der Waals surface area contributed by atoms with Gasteiger partial charge in [0.1, 0.15) is 0 Å². The van der Waals surface area contributed by atoms with Crippen LogP contribution >= 0.6 is 68.9 Å². The quantitative estimate of drug-likeness (QED) is 0.195. The zero-order valence-electron chi connectivity index (χ0n) is 19.9. The van der Waals surface area contributed by atoms with Crippen molar-refractivity contribution in [1.82, 2.24) is 0 Å². The zero-order valence-corrected chi connectivity index (χ0v) is 24.8. The molecule has 7 heteroatoms. The molecule has 1 nitrogen and oxygen atoms in total. The van der Waals surface area contributed by atoms with Gasteiger partial charge in [-0.25, -0.2) is 0 Å². The maximum Gasteiger partial charge on any atom is 0.0987 e. The molecular weight excluding hydrogens is 567 g/mol. The van der Waals surface area contributed by atoms with E-state index in [0.29, 0.717) is 11.2 Å². The van der Waals surface area contributed by atoms with Crippen molar-refractivity contribution >= 4 is 78.8 Å². The summed E-state index contributed by atoms with van der Waals surface area (Å²) in [7, 11) is 0. The summed E-state index contributed by atoms with van der Waals surface area (Å²) in [6, 6.07) is 26.7. The summed E-state index contributed by atoms with van der Waals surface area (Å²) in [6.45, 7) is 2.38. The molecule has 4 aromatic heterocycles. The summed E-state index contributed by atoms with van der Waals surface area (Å²) >= 11 is 11.4. The van der Waals surface area contributed by atoms with E-state index < -0.39 is 0 Å². The fourth-order valence-electron chi connectivity index (χ4n) is 5.00. The average Bonchev–Trinajstić information content (AvgIpc) is 3.76. The van der Waals surface area contributed by atoms with Gasteiger partial charge in [0.2, 0.25) is 0 Å². The van der Waals surface area contributed by atoms with E-state index in [1.54, 1.807) is 0 Å². The van der Waals surface area contributed by atoms with Crippen LogP contribution in [0.1, 0.15) is 28.2 Å². The van der Waals surface area contributed by atoms with Gasteiger partial charge in [0.25, 0.3) is 0 Å². The molecule has 0 radical (unpaired) electrons. The van der Waals surface area contributed by atoms with Crippen molar-refractivity contribution in [3.8, 4) is 19.5 Å². The number of hydrogen-bond donors (Lipinski definition) is 0. The molecule has 0 fully saturated rings. The van der Waals surface area contributed by atoms with Gasteiger partial charge in [0, 0.05) is 46.0 Å². The van der Waals surface area contributed by atoms with E-state index in [1.165, 1.54) is 45.5 Å². The van der Waals surface area contributed by atoms with Crippen LogP contribution in [0.5, 0.6) is 0 Å². The van der Waals surface area contributed by atoms with Gasteiger partial charge in [-0.2, -0.15) is 0 Å². The zero-order chi connectivity index (χ0) is 24.8. The Balaban J connectivity index is 1.34. The summed E-state index contributed by atoms with van der Waals surface area (Å²) < 4.78 is 0. The largest absolute Gasteiger partial charge is 0.272 e. The first-order chi connectivity index (χ1) is 18.2. The minimum Gasteiger partial charge on any atom is -0.272 e. The molecule has 0 amide bonds. The molecule has 6 heterocycles. The number of rotatable bonds is 6. The maximum absolute atomic E-state index is 5.49. The molecule has 37 heavy (non-hydrogen) atoms. The molecule has 0 saturated heterocycles. The van der Waals surface area contributed by atoms with Crippen LogP contribution in [0, 0.1) is 5.92 Å². The molecular formula is C30H23NS6. The summed E-state index contributed by atoms with van der Waals surface area (Å²) in [5.41, 5.74) is 2.67. The monoisotopic (exact) mass is 589 g/mol. The summed E-state index contributed by atoms with van der Waals surface area (Å²) in [4.78, 5) is 13.8. The Morgan fingerprint density at radius 3 is 2.11 bits per heavy atom. The molecule has 184 valence electrons. The highest BCUT2D eigenvalue weighted by Gasteiger charge is 2.43. The lowest BCUT2D eigenvalue weighted by Gasteiger charge is -2.25. The molecule has 4 atom stereocenters. The molecule has 5 aromatic rings. The predicted octanol–water partition coefficient (Wildman–Crippen LogP) is 10.7. The Labute approximate surface area is 242 Å². The van der Waals surface area contributed by atoms with E-state index in [1.807, 2.05) is 68.9 Å². The number of nitrogens with zero attached hydrogens (tertiary/aromatic N) is 1. The van der Waals surface area contributed by atoms with Crippen LogP contribution in [0.15, 0.2) is 100 Å². The average molecular weight is 590 g/mol. The minimum atomic E-state index is 0.199. The van der Waals surface area contributed by atoms with Crippen molar-refractivity contribution < 1.29 is 0 Å². The molecule has 0 saturated carbocycles. The Bertz CT molecular complexity index is 1540. The first kappa shape index (κ1) is 24.2. The third-order valence-electron chi connectivity index (χ3n) is 6.77. The van der Waals surface area contributed by atoms with Crippen LogP contribution < -0.4 is 0 Å². The van der Waals surface area contributed by atoms with Crippen LogP contribution in [0.2, 0.25) is 0 Å². The van der Waals surface area contributed by atoms with Gasteiger partial charge in [-0.1, -0.05) is 73.3 Å². The number of thioether (sulfide) groups is 2. The fraction of sp³-hybridized carbons (Fsp3) is 0.167. The third kappa shape index (κ3) is 4.64. The molecule has 0 bridgehead atoms. The SMILES string of the molecule is CC1SC(c2cccs2)=CC1C1N=C(c2ccccc2)SC1c1cc(-c2cccs2)sc1-c1cccs1. The van der Waals surface area contributed by atoms with Gasteiger partial charge >= 0.3 is 0 Å². The van der Waals surface area contributed by atoms with Crippen LogP contribution in [-0.4, -0.2) is 16.3 Å². The van der Waals surface area contributed by atoms with Crippen molar-refractivity contribution in [2.75, 3.05) is 0 Å². The molecule has 0 aliphatic carbocycles.